The highest BCUT2D eigenvalue weighted by Crippen LogP contribution is 2.47. The maximum atomic E-state index is 4.13. The highest BCUT2D eigenvalue weighted by Gasteiger charge is 2.56. The van der Waals surface area contributed by atoms with Crippen molar-refractivity contribution in [1.29, 1.82) is 0 Å². The molecule has 0 aromatic heterocycles. The summed E-state index contributed by atoms with van der Waals surface area (Å²) in [4.78, 5) is 5.69. The van der Waals surface area contributed by atoms with Crippen molar-refractivity contribution in [2.24, 2.45) is 11.8 Å². The Morgan fingerprint density at radius 2 is 1.77 bits per heavy atom. The molecule has 2 heterocycles. The van der Waals surface area contributed by atoms with Gasteiger partial charge in [-0.3, -0.25) is 15.1 Å². The Bertz CT molecular complexity index is 409. The largest absolute Gasteiger partial charge is 0.296 e. The van der Waals surface area contributed by atoms with E-state index >= 15 is 0 Å². The van der Waals surface area contributed by atoms with Crippen LogP contribution in [0.15, 0.2) is 0 Å². The van der Waals surface area contributed by atoms with Gasteiger partial charge in [-0.2, -0.15) is 0 Å². The average Bonchev–Trinajstić information content (AvgIpc) is 2.81. The van der Waals surface area contributed by atoms with Crippen LogP contribution in [0.25, 0.3) is 0 Å². The molecule has 4 fully saturated rings. The fraction of sp³-hybridized carbons (Fsp3) is 1.00. The number of nitrogens with zero attached hydrogens (tertiary/aromatic N) is 2. The van der Waals surface area contributed by atoms with Gasteiger partial charge in [0.1, 0.15) is 0 Å². The quantitative estimate of drug-likeness (QED) is 0.803. The van der Waals surface area contributed by atoms with Crippen molar-refractivity contribution in [3.63, 3.8) is 0 Å². The van der Waals surface area contributed by atoms with E-state index in [1.165, 1.54) is 44.9 Å². The van der Waals surface area contributed by atoms with Crippen molar-refractivity contribution < 1.29 is 0 Å². The number of hydrogen-bond acceptors (Lipinski definition) is 3. The number of piperazine rings is 1. The Morgan fingerprint density at radius 3 is 2.55 bits per heavy atom. The zero-order valence-corrected chi connectivity index (χ0v) is 15.0. The second-order valence-corrected chi connectivity index (χ2v) is 8.92. The van der Waals surface area contributed by atoms with E-state index in [0.717, 1.165) is 36.0 Å². The molecule has 3 heteroatoms. The van der Waals surface area contributed by atoms with E-state index in [2.05, 4.69) is 42.9 Å². The van der Waals surface area contributed by atoms with E-state index in [0.29, 0.717) is 12.2 Å². The Morgan fingerprint density at radius 1 is 1.00 bits per heavy atom. The summed E-state index contributed by atoms with van der Waals surface area (Å²) in [5, 5.41) is 4.13. The summed E-state index contributed by atoms with van der Waals surface area (Å²) in [6.45, 7) is 7.29. The van der Waals surface area contributed by atoms with Crippen LogP contribution in [0.5, 0.6) is 0 Å². The third-order valence-electron chi connectivity index (χ3n) is 7.29. The minimum Gasteiger partial charge on any atom is -0.296 e. The molecule has 22 heavy (non-hydrogen) atoms. The lowest BCUT2D eigenvalue weighted by atomic mass is 9.75. The first-order valence-electron chi connectivity index (χ1n) is 9.83. The number of rotatable bonds is 1. The second-order valence-electron chi connectivity index (χ2n) is 8.92. The van der Waals surface area contributed by atoms with Gasteiger partial charge in [0.25, 0.3) is 0 Å². The molecule has 0 bridgehead atoms. The first-order valence-corrected chi connectivity index (χ1v) is 9.83. The number of nitrogens with one attached hydrogen (secondary N) is 1. The van der Waals surface area contributed by atoms with Crippen LogP contribution < -0.4 is 5.32 Å². The van der Waals surface area contributed by atoms with Crippen LogP contribution in [-0.2, 0) is 0 Å². The lowest BCUT2D eigenvalue weighted by Gasteiger charge is -2.52. The summed E-state index contributed by atoms with van der Waals surface area (Å²) in [5.41, 5.74) is 0. The number of hydrogen-bond donors (Lipinski definition) is 1. The van der Waals surface area contributed by atoms with Crippen molar-refractivity contribution >= 4 is 0 Å². The van der Waals surface area contributed by atoms with Gasteiger partial charge in [0.2, 0.25) is 0 Å². The van der Waals surface area contributed by atoms with Gasteiger partial charge in [-0.1, -0.05) is 19.8 Å². The van der Waals surface area contributed by atoms with E-state index < -0.39 is 0 Å². The van der Waals surface area contributed by atoms with Gasteiger partial charge in [0.05, 0.1) is 6.17 Å². The smallest absolute Gasteiger partial charge is 0.0768 e. The molecule has 3 nitrogen and oxygen atoms in total. The van der Waals surface area contributed by atoms with Gasteiger partial charge < -0.3 is 0 Å². The normalized spacial score (nSPS) is 49.8. The van der Waals surface area contributed by atoms with Crippen LogP contribution in [0, 0.1) is 11.8 Å². The first kappa shape index (κ1) is 15.4. The van der Waals surface area contributed by atoms with Crippen molar-refractivity contribution in [3.8, 4) is 0 Å². The molecule has 0 aromatic carbocycles. The molecule has 0 spiro atoms. The third kappa shape index (κ3) is 2.27. The third-order valence-corrected chi connectivity index (χ3v) is 7.29. The number of likely N-dealkylation sites (N-methyl/N-ethyl adjacent to an activating group) is 1. The number of fused-ring (bicyclic) bond motifs is 4. The standard InChI is InChI=1S/C19H35N3/c1-12(2)22-16-10-9-13(3)11-14(16)18-19(22)20-15-7-5-6-8-17(15)21(18)4/h12-20H,5-11H2,1-4H3. The zero-order chi connectivity index (χ0) is 15.4. The van der Waals surface area contributed by atoms with E-state index in [-0.39, 0.29) is 0 Å². The molecule has 7 atom stereocenters. The van der Waals surface area contributed by atoms with Crippen molar-refractivity contribution in [3.05, 3.63) is 0 Å². The minimum atomic E-state index is 0.602. The van der Waals surface area contributed by atoms with Gasteiger partial charge in [0, 0.05) is 30.2 Å². The molecule has 2 saturated carbocycles. The summed E-state index contributed by atoms with van der Waals surface area (Å²) < 4.78 is 0. The van der Waals surface area contributed by atoms with Crippen LogP contribution in [0.3, 0.4) is 0 Å². The highest BCUT2D eigenvalue weighted by atomic mass is 15.4. The molecular weight excluding hydrogens is 270 g/mol. The molecule has 1 N–H and O–H groups in total. The van der Waals surface area contributed by atoms with Crippen molar-refractivity contribution in [1.82, 2.24) is 15.1 Å². The van der Waals surface area contributed by atoms with E-state index in [9.17, 15) is 0 Å². The van der Waals surface area contributed by atoms with Gasteiger partial charge in [-0.15, -0.1) is 0 Å². The molecular formula is C19H35N3. The predicted octanol–water partition coefficient (Wildman–Crippen LogP) is 3.06. The molecule has 2 saturated heterocycles. The molecule has 0 aromatic rings. The summed E-state index contributed by atoms with van der Waals surface area (Å²) in [5.74, 6) is 1.81. The SMILES string of the molecule is CC1CCC2C(C1)C1C(NC3CCCCC3N1C)N2C(C)C. The van der Waals surface area contributed by atoms with Crippen molar-refractivity contribution in [2.75, 3.05) is 7.05 Å². The summed E-state index contributed by atoms with van der Waals surface area (Å²) >= 11 is 0. The fourth-order valence-electron chi connectivity index (χ4n) is 6.41. The second kappa shape index (κ2) is 5.75. The average molecular weight is 306 g/mol. The molecule has 0 amide bonds. The monoisotopic (exact) mass is 305 g/mol. The maximum absolute atomic E-state index is 4.13. The Kier molecular flexibility index (Phi) is 4.03. The maximum Gasteiger partial charge on any atom is 0.0768 e. The zero-order valence-electron chi connectivity index (χ0n) is 15.0. The molecule has 7 unspecified atom stereocenters. The molecule has 126 valence electrons. The van der Waals surface area contributed by atoms with E-state index in [1.54, 1.807) is 0 Å². The van der Waals surface area contributed by atoms with E-state index in [1.807, 2.05) is 0 Å². The topological polar surface area (TPSA) is 18.5 Å². The Labute approximate surface area is 136 Å². The minimum absolute atomic E-state index is 0.602. The van der Waals surface area contributed by atoms with Gasteiger partial charge >= 0.3 is 0 Å². The fourth-order valence-corrected chi connectivity index (χ4v) is 6.41. The lowest BCUT2D eigenvalue weighted by Crippen LogP contribution is -2.69. The highest BCUT2D eigenvalue weighted by molar-refractivity contribution is 5.11. The summed E-state index contributed by atoms with van der Waals surface area (Å²) in [6.07, 6.45) is 10.5. The van der Waals surface area contributed by atoms with Crippen molar-refractivity contribution in [2.45, 2.75) is 102 Å². The van der Waals surface area contributed by atoms with Crippen LogP contribution in [0.4, 0.5) is 0 Å². The Hall–Kier alpha value is -0.120. The van der Waals surface area contributed by atoms with Gasteiger partial charge in [-0.25, -0.2) is 0 Å². The molecule has 2 aliphatic carbocycles. The van der Waals surface area contributed by atoms with Crippen LogP contribution in [0.1, 0.15) is 65.7 Å². The molecule has 4 aliphatic rings. The van der Waals surface area contributed by atoms with Crippen LogP contribution in [-0.4, -0.2) is 53.2 Å². The van der Waals surface area contributed by atoms with E-state index in [4.69, 9.17) is 0 Å². The molecule has 0 radical (unpaired) electrons. The summed E-state index contributed by atoms with van der Waals surface area (Å²) in [7, 11) is 2.45. The van der Waals surface area contributed by atoms with Crippen LogP contribution >= 0.6 is 0 Å². The lowest BCUT2D eigenvalue weighted by molar-refractivity contribution is -0.00833. The summed E-state index contributed by atoms with van der Waals surface area (Å²) in [6, 6.07) is 3.76. The van der Waals surface area contributed by atoms with Gasteiger partial charge in [-0.05, 0) is 64.8 Å². The number of likely N-dealkylation sites (tertiary alicyclic amines) is 1. The Balaban J connectivity index is 1.66. The molecule has 4 rings (SSSR count). The van der Waals surface area contributed by atoms with Crippen LogP contribution in [0.2, 0.25) is 0 Å². The van der Waals surface area contributed by atoms with Gasteiger partial charge in [0.15, 0.2) is 0 Å². The first-order chi connectivity index (χ1) is 10.6. The molecule has 2 aliphatic heterocycles. The predicted molar refractivity (Wildman–Crippen MR) is 91.8 cm³/mol.